The number of phenols is 1. The van der Waals surface area contributed by atoms with Gasteiger partial charge in [0.05, 0.1) is 12.0 Å². The van der Waals surface area contributed by atoms with Gasteiger partial charge in [-0.3, -0.25) is 4.79 Å². The highest BCUT2D eigenvalue weighted by molar-refractivity contribution is 5.96. The Hall–Kier alpha value is -2.08. The van der Waals surface area contributed by atoms with Gasteiger partial charge in [-0.15, -0.1) is 0 Å². The van der Waals surface area contributed by atoms with Crippen LogP contribution in [0, 0.1) is 5.92 Å². The Morgan fingerprint density at radius 3 is 2.74 bits per heavy atom. The van der Waals surface area contributed by atoms with E-state index >= 15 is 0 Å². The average Bonchev–Trinajstić information content (AvgIpc) is 2.77. The average molecular weight is 265 g/mol. The number of carbonyl (C=O) groups is 2. The summed E-state index contributed by atoms with van der Waals surface area (Å²) in [6.45, 7) is 2.38. The Labute approximate surface area is 110 Å². The largest absolute Gasteiger partial charge is 0.507 e. The minimum Gasteiger partial charge on any atom is -0.507 e. The van der Waals surface area contributed by atoms with Gasteiger partial charge < -0.3 is 20.3 Å². The van der Waals surface area contributed by atoms with Crippen LogP contribution in [0.15, 0.2) is 18.2 Å². The van der Waals surface area contributed by atoms with E-state index in [1.54, 1.807) is 0 Å². The lowest BCUT2D eigenvalue weighted by molar-refractivity contribution is -0.121. The van der Waals surface area contributed by atoms with Crippen LogP contribution in [-0.4, -0.2) is 34.8 Å². The first-order valence-corrected chi connectivity index (χ1v) is 5.98. The second-order valence-corrected chi connectivity index (χ2v) is 4.50. The number of hydrogen-bond donors (Lipinski definition) is 3. The first-order chi connectivity index (χ1) is 8.99. The fourth-order valence-corrected chi connectivity index (χ4v) is 2.10. The molecule has 0 aliphatic carbocycles. The molecule has 1 aromatic carbocycles. The number of benzene rings is 1. The molecule has 0 radical (unpaired) electrons. The number of carboxylic acid groups (broad SMARTS) is 1. The molecule has 1 aliphatic heterocycles. The molecular formula is C13H15NO5. The molecule has 0 bridgehead atoms. The molecule has 0 saturated carbocycles. The van der Waals surface area contributed by atoms with Gasteiger partial charge >= 0.3 is 5.97 Å². The summed E-state index contributed by atoms with van der Waals surface area (Å²) in [4.78, 5) is 22.9. The van der Waals surface area contributed by atoms with Crippen LogP contribution in [0.2, 0.25) is 0 Å². The SMILES string of the molecule is CC1OCCC1C(=O)Nc1ccc(O)c(C(=O)O)c1. The van der Waals surface area contributed by atoms with Crippen LogP contribution in [-0.2, 0) is 9.53 Å². The number of ether oxygens (including phenoxy) is 1. The number of hydrogen-bond acceptors (Lipinski definition) is 4. The number of carbonyl (C=O) groups excluding carboxylic acids is 1. The molecule has 0 aromatic heterocycles. The van der Waals surface area contributed by atoms with Gasteiger partial charge in [0.15, 0.2) is 0 Å². The van der Waals surface area contributed by atoms with Crippen molar-refractivity contribution < 1.29 is 24.5 Å². The van der Waals surface area contributed by atoms with Crippen molar-refractivity contribution in [2.24, 2.45) is 5.92 Å². The van der Waals surface area contributed by atoms with Gasteiger partial charge in [0, 0.05) is 12.3 Å². The molecule has 1 saturated heterocycles. The van der Waals surface area contributed by atoms with E-state index in [4.69, 9.17) is 9.84 Å². The molecule has 2 atom stereocenters. The van der Waals surface area contributed by atoms with E-state index in [2.05, 4.69) is 5.32 Å². The molecule has 1 aromatic rings. The number of amides is 1. The second-order valence-electron chi connectivity index (χ2n) is 4.50. The smallest absolute Gasteiger partial charge is 0.339 e. The zero-order valence-electron chi connectivity index (χ0n) is 10.4. The van der Waals surface area contributed by atoms with Gasteiger partial charge in [-0.1, -0.05) is 0 Å². The van der Waals surface area contributed by atoms with Gasteiger partial charge in [-0.25, -0.2) is 4.79 Å². The summed E-state index contributed by atoms with van der Waals surface area (Å²) in [6.07, 6.45) is 0.507. The predicted molar refractivity (Wildman–Crippen MR) is 67.2 cm³/mol. The second kappa shape index (κ2) is 5.27. The van der Waals surface area contributed by atoms with Crippen LogP contribution in [0.5, 0.6) is 5.75 Å². The van der Waals surface area contributed by atoms with E-state index in [-0.39, 0.29) is 29.2 Å². The highest BCUT2D eigenvalue weighted by Gasteiger charge is 2.30. The number of aromatic carboxylic acids is 1. The van der Waals surface area contributed by atoms with E-state index in [1.165, 1.54) is 18.2 Å². The van der Waals surface area contributed by atoms with E-state index in [0.717, 1.165) is 0 Å². The van der Waals surface area contributed by atoms with Gasteiger partial charge in [0.1, 0.15) is 11.3 Å². The van der Waals surface area contributed by atoms with E-state index in [1.807, 2.05) is 6.92 Å². The monoisotopic (exact) mass is 265 g/mol. The zero-order chi connectivity index (χ0) is 14.0. The Bertz CT molecular complexity index is 514. The normalized spacial score (nSPS) is 22.2. The topological polar surface area (TPSA) is 95.9 Å². The van der Waals surface area contributed by atoms with Crippen molar-refractivity contribution in [1.29, 1.82) is 0 Å². The summed E-state index contributed by atoms with van der Waals surface area (Å²) >= 11 is 0. The van der Waals surface area contributed by atoms with E-state index in [9.17, 15) is 14.7 Å². The van der Waals surface area contributed by atoms with Crippen LogP contribution in [0.4, 0.5) is 5.69 Å². The minimum absolute atomic E-state index is 0.143. The fraction of sp³-hybridized carbons (Fsp3) is 0.385. The Balaban J connectivity index is 2.13. The zero-order valence-corrected chi connectivity index (χ0v) is 10.4. The van der Waals surface area contributed by atoms with Crippen molar-refractivity contribution in [3.8, 4) is 5.75 Å². The van der Waals surface area contributed by atoms with Crippen LogP contribution in [0.25, 0.3) is 0 Å². The highest BCUT2D eigenvalue weighted by atomic mass is 16.5. The fourth-order valence-electron chi connectivity index (χ4n) is 2.10. The van der Waals surface area contributed by atoms with Crippen molar-refractivity contribution in [2.45, 2.75) is 19.4 Å². The predicted octanol–water partition coefficient (Wildman–Crippen LogP) is 1.45. The third kappa shape index (κ3) is 2.85. The maximum atomic E-state index is 12.0. The molecule has 2 rings (SSSR count). The molecule has 3 N–H and O–H groups in total. The molecule has 1 heterocycles. The summed E-state index contributed by atoms with van der Waals surface area (Å²) in [7, 11) is 0. The first-order valence-electron chi connectivity index (χ1n) is 5.98. The standard InChI is InChI=1S/C13H15NO5/c1-7-9(4-5-19-7)12(16)14-8-2-3-11(15)10(6-8)13(17)18/h2-3,6-7,9,15H,4-5H2,1H3,(H,14,16)(H,17,18). The van der Waals surface area contributed by atoms with E-state index in [0.29, 0.717) is 18.7 Å². The Kier molecular flexibility index (Phi) is 3.71. The van der Waals surface area contributed by atoms with Crippen LogP contribution in [0.3, 0.4) is 0 Å². The number of nitrogens with one attached hydrogen (secondary N) is 1. The van der Waals surface area contributed by atoms with Crippen LogP contribution >= 0.6 is 0 Å². The summed E-state index contributed by atoms with van der Waals surface area (Å²) in [5.74, 6) is -2.01. The number of rotatable bonds is 3. The minimum atomic E-state index is -1.24. The molecule has 6 nitrogen and oxygen atoms in total. The molecule has 6 heteroatoms. The molecule has 2 unspecified atom stereocenters. The number of carboxylic acids is 1. The molecule has 1 amide bonds. The number of aromatic hydroxyl groups is 1. The number of anilines is 1. The molecule has 1 fully saturated rings. The van der Waals surface area contributed by atoms with Crippen LogP contribution in [0.1, 0.15) is 23.7 Å². The Morgan fingerprint density at radius 2 is 2.16 bits per heavy atom. The lowest BCUT2D eigenvalue weighted by atomic mass is 10.0. The van der Waals surface area contributed by atoms with Gasteiger partial charge in [0.25, 0.3) is 0 Å². The summed E-state index contributed by atoms with van der Waals surface area (Å²) in [5, 5.41) is 20.9. The third-order valence-corrected chi connectivity index (χ3v) is 3.21. The molecule has 19 heavy (non-hydrogen) atoms. The maximum absolute atomic E-state index is 12.0. The van der Waals surface area contributed by atoms with Crippen molar-refractivity contribution in [2.75, 3.05) is 11.9 Å². The third-order valence-electron chi connectivity index (χ3n) is 3.21. The van der Waals surface area contributed by atoms with Gasteiger partial charge in [0.2, 0.25) is 5.91 Å². The van der Waals surface area contributed by atoms with Crippen molar-refractivity contribution in [3.05, 3.63) is 23.8 Å². The molecular weight excluding hydrogens is 250 g/mol. The van der Waals surface area contributed by atoms with Crippen LogP contribution < -0.4 is 5.32 Å². The van der Waals surface area contributed by atoms with E-state index < -0.39 is 5.97 Å². The summed E-state index contributed by atoms with van der Waals surface area (Å²) in [6, 6.07) is 3.93. The Morgan fingerprint density at radius 1 is 1.42 bits per heavy atom. The molecule has 0 spiro atoms. The van der Waals surface area contributed by atoms with Gasteiger partial charge in [-0.05, 0) is 31.5 Å². The summed E-state index contributed by atoms with van der Waals surface area (Å²) in [5.41, 5.74) is 0.104. The van der Waals surface area contributed by atoms with Crippen molar-refractivity contribution in [3.63, 3.8) is 0 Å². The maximum Gasteiger partial charge on any atom is 0.339 e. The van der Waals surface area contributed by atoms with Gasteiger partial charge in [-0.2, -0.15) is 0 Å². The molecule has 1 aliphatic rings. The molecule has 102 valence electrons. The quantitative estimate of drug-likeness (QED) is 0.719. The lowest BCUT2D eigenvalue weighted by Gasteiger charge is -2.14. The first kappa shape index (κ1) is 13.4. The summed E-state index contributed by atoms with van der Waals surface area (Å²) < 4.78 is 5.31. The highest BCUT2D eigenvalue weighted by Crippen LogP contribution is 2.25. The lowest BCUT2D eigenvalue weighted by Crippen LogP contribution is -2.27. The van der Waals surface area contributed by atoms with Crippen molar-refractivity contribution in [1.82, 2.24) is 0 Å². The van der Waals surface area contributed by atoms with Crippen molar-refractivity contribution >= 4 is 17.6 Å².